The Labute approximate surface area is 166 Å². The van der Waals surface area contributed by atoms with Crippen LogP contribution >= 0.6 is 0 Å². The van der Waals surface area contributed by atoms with Gasteiger partial charge in [-0.3, -0.25) is 9.80 Å². The molecule has 6 rings (SSSR count). The fraction of sp³-hybridized carbons (Fsp3) is 0.375. The van der Waals surface area contributed by atoms with Gasteiger partial charge >= 0.3 is 0 Å². The molecular weight excluding hydrogens is 346 g/mol. The summed E-state index contributed by atoms with van der Waals surface area (Å²) in [5, 5.41) is 4.29. The molecule has 144 valence electrons. The minimum atomic E-state index is 0.635. The molecule has 3 saturated heterocycles. The van der Waals surface area contributed by atoms with Crippen molar-refractivity contribution in [2.45, 2.75) is 32.0 Å². The van der Waals surface area contributed by atoms with Crippen molar-refractivity contribution in [2.75, 3.05) is 19.6 Å². The van der Waals surface area contributed by atoms with Crippen LogP contribution in [-0.4, -0.2) is 40.6 Å². The molecule has 0 aliphatic carbocycles. The highest BCUT2D eigenvalue weighted by molar-refractivity contribution is 5.58. The Morgan fingerprint density at radius 1 is 0.857 bits per heavy atom. The van der Waals surface area contributed by atoms with Gasteiger partial charge in [0, 0.05) is 43.9 Å². The van der Waals surface area contributed by atoms with Crippen LogP contribution in [0.25, 0.3) is 11.3 Å². The molecule has 0 spiro atoms. The first kappa shape index (κ1) is 17.7. The van der Waals surface area contributed by atoms with E-state index in [1.165, 1.54) is 24.9 Å². The van der Waals surface area contributed by atoms with Gasteiger partial charge in [0.05, 0.1) is 6.54 Å². The van der Waals surface area contributed by atoms with Gasteiger partial charge in [-0.1, -0.05) is 65.8 Å². The van der Waals surface area contributed by atoms with Gasteiger partial charge in [-0.2, -0.15) is 0 Å². The number of rotatable bonds is 5. The molecule has 0 amide bonds. The molecule has 0 unspecified atom stereocenters. The molecule has 4 nitrogen and oxygen atoms in total. The van der Waals surface area contributed by atoms with Crippen LogP contribution in [0.15, 0.2) is 71.3 Å². The second-order valence-corrected chi connectivity index (χ2v) is 8.25. The van der Waals surface area contributed by atoms with Crippen molar-refractivity contribution in [3.63, 3.8) is 0 Å². The quantitative estimate of drug-likeness (QED) is 0.662. The Morgan fingerprint density at radius 3 is 2.46 bits per heavy atom. The fourth-order valence-electron chi connectivity index (χ4n) is 4.77. The number of nitrogens with zero attached hydrogens (tertiary/aromatic N) is 3. The SMILES string of the molecule is c1ccc(CN2C[C@@H]3CC[C@H]2CN(Cc2cc(-c4ccccc4)no2)C3)cc1. The van der Waals surface area contributed by atoms with Gasteiger partial charge < -0.3 is 4.52 Å². The highest BCUT2D eigenvalue weighted by Gasteiger charge is 2.34. The lowest BCUT2D eigenvalue weighted by Gasteiger charge is -2.36. The molecule has 3 aliphatic heterocycles. The first-order chi connectivity index (χ1) is 13.8. The lowest BCUT2D eigenvalue weighted by atomic mass is 9.94. The van der Waals surface area contributed by atoms with Crippen LogP contribution in [0.4, 0.5) is 0 Å². The summed E-state index contributed by atoms with van der Waals surface area (Å²) < 4.78 is 5.67. The third kappa shape index (κ3) is 3.89. The number of fused-ring (bicyclic) bond motifs is 4. The number of hydrogen-bond donors (Lipinski definition) is 0. The van der Waals surface area contributed by atoms with Crippen LogP contribution < -0.4 is 0 Å². The average molecular weight is 374 g/mol. The molecular formula is C24H27N3O. The number of aromatic nitrogens is 1. The Balaban J connectivity index is 1.26. The van der Waals surface area contributed by atoms with Gasteiger partial charge in [-0.15, -0.1) is 0 Å². The molecule has 4 heteroatoms. The van der Waals surface area contributed by atoms with Crippen LogP contribution in [0.2, 0.25) is 0 Å². The Hall–Kier alpha value is -2.43. The van der Waals surface area contributed by atoms with Crippen molar-refractivity contribution < 1.29 is 4.52 Å². The molecule has 3 aliphatic rings. The Morgan fingerprint density at radius 2 is 1.64 bits per heavy atom. The minimum Gasteiger partial charge on any atom is -0.359 e. The van der Waals surface area contributed by atoms with Gasteiger partial charge in [0.15, 0.2) is 5.76 Å². The summed E-state index contributed by atoms with van der Waals surface area (Å²) in [5.74, 6) is 1.72. The Bertz CT molecular complexity index is 892. The standard InChI is InChI=1S/C24H27N3O/c1-3-7-19(8-4-1)15-27-16-20-11-12-22(27)17-26(14-20)18-23-13-24(25-28-23)21-9-5-2-6-10-21/h1-10,13,20,22H,11-12,14-18H2/t20-,22+/m1/s1. The zero-order valence-corrected chi connectivity index (χ0v) is 16.2. The van der Waals surface area contributed by atoms with E-state index in [4.69, 9.17) is 4.52 Å². The lowest BCUT2D eigenvalue weighted by Crippen LogP contribution is -2.43. The van der Waals surface area contributed by atoms with Crippen LogP contribution in [0.1, 0.15) is 24.2 Å². The molecule has 28 heavy (non-hydrogen) atoms. The van der Waals surface area contributed by atoms with Crippen molar-refractivity contribution in [2.24, 2.45) is 5.92 Å². The summed E-state index contributed by atoms with van der Waals surface area (Å²) in [6.45, 7) is 5.40. The Kier molecular flexibility index (Phi) is 4.98. The topological polar surface area (TPSA) is 32.5 Å². The smallest absolute Gasteiger partial charge is 0.151 e. The van der Waals surface area contributed by atoms with Gasteiger partial charge in [0.1, 0.15) is 5.69 Å². The van der Waals surface area contributed by atoms with Crippen LogP contribution in [0, 0.1) is 5.92 Å². The van der Waals surface area contributed by atoms with Crippen molar-refractivity contribution in [1.29, 1.82) is 0 Å². The molecule has 4 heterocycles. The number of hydrogen-bond acceptors (Lipinski definition) is 4. The maximum absolute atomic E-state index is 5.67. The maximum Gasteiger partial charge on any atom is 0.151 e. The van der Waals surface area contributed by atoms with Gasteiger partial charge in [0.25, 0.3) is 0 Å². The lowest BCUT2D eigenvalue weighted by molar-refractivity contribution is 0.122. The third-order valence-electron chi connectivity index (χ3n) is 6.14. The zero-order valence-electron chi connectivity index (χ0n) is 16.2. The highest BCUT2D eigenvalue weighted by atomic mass is 16.5. The molecule has 2 aromatic carbocycles. The zero-order chi connectivity index (χ0) is 18.8. The van der Waals surface area contributed by atoms with Crippen molar-refractivity contribution >= 4 is 0 Å². The van der Waals surface area contributed by atoms with Crippen molar-refractivity contribution in [3.05, 3.63) is 78.1 Å². The molecule has 0 radical (unpaired) electrons. The van der Waals surface area contributed by atoms with Crippen molar-refractivity contribution in [1.82, 2.24) is 15.0 Å². The summed E-state index contributed by atoms with van der Waals surface area (Å²) in [7, 11) is 0. The highest BCUT2D eigenvalue weighted by Crippen LogP contribution is 2.30. The van der Waals surface area contributed by atoms with Crippen molar-refractivity contribution in [3.8, 4) is 11.3 Å². The summed E-state index contributed by atoms with van der Waals surface area (Å²) in [4.78, 5) is 5.27. The van der Waals surface area contributed by atoms with E-state index in [2.05, 4.69) is 63.5 Å². The fourth-order valence-corrected chi connectivity index (χ4v) is 4.77. The summed E-state index contributed by atoms with van der Waals surface area (Å²) in [5.41, 5.74) is 3.46. The van der Waals surface area contributed by atoms with E-state index in [1.54, 1.807) is 0 Å². The minimum absolute atomic E-state index is 0.635. The first-order valence-electron chi connectivity index (χ1n) is 10.3. The maximum atomic E-state index is 5.67. The van der Waals surface area contributed by atoms with E-state index in [0.717, 1.165) is 49.1 Å². The predicted octanol–water partition coefficient (Wildman–Crippen LogP) is 4.44. The second-order valence-electron chi connectivity index (χ2n) is 8.25. The third-order valence-corrected chi connectivity index (χ3v) is 6.14. The van der Waals surface area contributed by atoms with E-state index in [-0.39, 0.29) is 0 Å². The summed E-state index contributed by atoms with van der Waals surface area (Å²) in [6, 6.07) is 23.9. The summed E-state index contributed by atoms with van der Waals surface area (Å²) in [6.07, 6.45) is 2.65. The number of piperidine rings is 1. The van der Waals surface area contributed by atoms with Gasteiger partial charge in [-0.25, -0.2) is 0 Å². The monoisotopic (exact) mass is 373 g/mol. The molecule has 2 bridgehead atoms. The van der Waals surface area contributed by atoms with E-state index in [9.17, 15) is 0 Å². The normalized spacial score (nSPS) is 23.0. The molecule has 0 saturated carbocycles. The van der Waals surface area contributed by atoms with Gasteiger partial charge in [0.2, 0.25) is 0 Å². The molecule has 3 aromatic rings. The van der Waals surface area contributed by atoms with E-state index in [0.29, 0.717) is 6.04 Å². The van der Waals surface area contributed by atoms with E-state index >= 15 is 0 Å². The molecule has 0 N–H and O–H groups in total. The average Bonchev–Trinajstić information content (AvgIpc) is 3.03. The molecule has 2 atom stereocenters. The van der Waals surface area contributed by atoms with Crippen LogP contribution in [0.3, 0.4) is 0 Å². The number of benzene rings is 2. The second kappa shape index (κ2) is 7.90. The van der Waals surface area contributed by atoms with Crippen LogP contribution in [0.5, 0.6) is 0 Å². The van der Waals surface area contributed by atoms with Gasteiger partial charge in [-0.05, 0) is 24.3 Å². The molecule has 3 fully saturated rings. The summed E-state index contributed by atoms with van der Waals surface area (Å²) >= 11 is 0. The molecule has 1 aromatic heterocycles. The van der Waals surface area contributed by atoms with Crippen LogP contribution in [-0.2, 0) is 13.1 Å². The predicted molar refractivity (Wildman–Crippen MR) is 111 cm³/mol. The first-order valence-corrected chi connectivity index (χ1v) is 10.3. The largest absolute Gasteiger partial charge is 0.359 e. The van der Waals surface area contributed by atoms with E-state index in [1.807, 2.05) is 18.2 Å². The van der Waals surface area contributed by atoms with E-state index < -0.39 is 0 Å².